The van der Waals surface area contributed by atoms with Crippen molar-refractivity contribution in [1.82, 2.24) is 4.98 Å². The molecule has 2 nitrogen and oxygen atoms in total. The Balaban J connectivity index is 2.38. The molecule has 0 radical (unpaired) electrons. The fourth-order valence-corrected chi connectivity index (χ4v) is 1.82. The Bertz CT molecular complexity index is 550. The van der Waals surface area contributed by atoms with Crippen molar-refractivity contribution in [3.05, 3.63) is 53.6 Å². The van der Waals surface area contributed by atoms with Crippen LogP contribution in [0.3, 0.4) is 0 Å². The zero-order chi connectivity index (χ0) is 14.0. The van der Waals surface area contributed by atoms with Crippen molar-refractivity contribution in [3.8, 4) is 11.5 Å². The van der Waals surface area contributed by atoms with E-state index in [-0.39, 0.29) is 17.0 Å². The lowest BCUT2D eigenvalue weighted by atomic mass is 9.86. The fraction of sp³-hybridized carbons (Fsp3) is 0.312. The molecule has 0 saturated carbocycles. The highest BCUT2D eigenvalue weighted by molar-refractivity contribution is 5.42. The van der Waals surface area contributed by atoms with E-state index in [0.717, 1.165) is 11.1 Å². The zero-order valence-corrected chi connectivity index (χ0v) is 11.7. The number of aryl methyl sites for hydroxylation is 1. The van der Waals surface area contributed by atoms with Gasteiger partial charge in [-0.2, -0.15) is 0 Å². The van der Waals surface area contributed by atoms with Gasteiger partial charge in [0, 0.05) is 6.20 Å². The van der Waals surface area contributed by atoms with Gasteiger partial charge in [-0.15, -0.1) is 0 Å². The van der Waals surface area contributed by atoms with Crippen LogP contribution in [0.5, 0.6) is 11.5 Å². The molecular formula is C16H18FNO. The Morgan fingerprint density at radius 2 is 1.95 bits per heavy atom. The minimum atomic E-state index is -0.339. The van der Waals surface area contributed by atoms with E-state index in [1.54, 1.807) is 30.6 Å². The summed E-state index contributed by atoms with van der Waals surface area (Å²) in [6, 6.07) is 7.02. The van der Waals surface area contributed by atoms with Gasteiger partial charge in [-0.3, -0.25) is 4.98 Å². The molecule has 2 aromatic rings. The number of ether oxygens (including phenoxy) is 1. The summed E-state index contributed by atoms with van der Waals surface area (Å²) in [7, 11) is 0. The molecule has 0 spiro atoms. The minimum Gasteiger partial charge on any atom is -0.452 e. The van der Waals surface area contributed by atoms with Crippen LogP contribution in [0.15, 0.2) is 36.7 Å². The zero-order valence-electron chi connectivity index (χ0n) is 11.7. The normalized spacial score (nSPS) is 11.4. The van der Waals surface area contributed by atoms with Crippen molar-refractivity contribution in [1.29, 1.82) is 0 Å². The summed E-state index contributed by atoms with van der Waals surface area (Å²) >= 11 is 0. The van der Waals surface area contributed by atoms with Gasteiger partial charge in [0.05, 0.1) is 6.20 Å². The molecular weight excluding hydrogens is 241 g/mol. The van der Waals surface area contributed by atoms with Gasteiger partial charge >= 0.3 is 0 Å². The number of nitrogens with zero attached hydrogens (tertiary/aromatic N) is 1. The molecule has 0 saturated heterocycles. The fourth-order valence-electron chi connectivity index (χ4n) is 1.82. The molecule has 1 heterocycles. The third kappa shape index (κ3) is 3.11. The van der Waals surface area contributed by atoms with Gasteiger partial charge in [0.1, 0.15) is 5.75 Å². The monoisotopic (exact) mass is 259 g/mol. The number of hydrogen-bond acceptors (Lipinski definition) is 2. The number of halogens is 1. The Labute approximate surface area is 113 Å². The number of benzene rings is 1. The van der Waals surface area contributed by atoms with Crippen molar-refractivity contribution in [2.45, 2.75) is 33.1 Å². The maximum atomic E-state index is 14.2. The van der Waals surface area contributed by atoms with Gasteiger partial charge in [0.2, 0.25) is 0 Å². The number of hydrogen-bond donors (Lipinski definition) is 0. The lowest BCUT2D eigenvalue weighted by molar-refractivity contribution is 0.434. The predicted molar refractivity (Wildman–Crippen MR) is 74.1 cm³/mol. The number of rotatable bonds is 2. The summed E-state index contributed by atoms with van der Waals surface area (Å²) < 4.78 is 19.8. The molecule has 3 heteroatoms. The molecule has 1 aromatic heterocycles. The Morgan fingerprint density at radius 1 is 1.21 bits per heavy atom. The first-order valence-electron chi connectivity index (χ1n) is 6.26. The highest BCUT2D eigenvalue weighted by Gasteiger charge is 2.18. The highest BCUT2D eigenvalue weighted by atomic mass is 19.1. The summed E-state index contributed by atoms with van der Waals surface area (Å²) in [6.45, 7) is 8.03. The minimum absolute atomic E-state index is 0.0849. The van der Waals surface area contributed by atoms with E-state index in [1.165, 1.54) is 0 Å². The van der Waals surface area contributed by atoms with Crippen LogP contribution < -0.4 is 4.74 Å². The van der Waals surface area contributed by atoms with Gasteiger partial charge in [-0.1, -0.05) is 26.8 Å². The second-order valence-electron chi connectivity index (χ2n) is 5.64. The smallest absolute Gasteiger partial charge is 0.166 e. The standard InChI is InChI=1S/C16H18FNO/c1-11-8-12(16(2,3)4)9-14(17)15(11)19-13-6-5-7-18-10-13/h5-10H,1-4H3. The Morgan fingerprint density at radius 3 is 2.47 bits per heavy atom. The van der Waals surface area contributed by atoms with Crippen LogP contribution in [-0.2, 0) is 5.41 Å². The van der Waals surface area contributed by atoms with Crippen molar-refractivity contribution in [2.24, 2.45) is 0 Å². The Hall–Kier alpha value is -1.90. The molecule has 2 rings (SSSR count). The van der Waals surface area contributed by atoms with E-state index >= 15 is 0 Å². The molecule has 0 aliphatic heterocycles. The van der Waals surface area contributed by atoms with Crippen LogP contribution in [0.4, 0.5) is 4.39 Å². The topological polar surface area (TPSA) is 22.1 Å². The van der Waals surface area contributed by atoms with Gasteiger partial charge < -0.3 is 4.74 Å². The average molecular weight is 259 g/mol. The quantitative estimate of drug-likeness (QED) is 0.785. The molecule has 19 heavy (non-hydrogen) atoms. The summed E-state index contributed by atoms with van der Waals surface area (Å²) in [6.07, 6.45) is 3.22. The van der Waals surface area contributed by atoms with E-state index in [4.69, 9.17) is 4.74 Å². The van der Waals surface area contributed by atoms with Gasteiger partial charge in [0.15, 0.2) is 11.6 Å². The third-order valence-electron chi connectivity index (χ3n) is 2.95. The van der Waals surface area contributed by atoms with E-state index in [2.05, 4.69) is 25.8 Å². The van der Waals surface area contributed by atoms with E-state index in [9.17, 15) is 4.39 Å². The second kappa shape index (κ2) is 5.00. The van der Waals surface area contributed by atoms with E-state index in [1.807, 2.05) is 13.0 Å². The first-order chi connectivity index (χ1) is 8.88. The molecule has 0 fully saturated rings. The molecule has 0 aliphatic carbocycles. The maximum Gasteiger partial charge on any atom is 0.166 e. The van der Waals surface area contributed by atoms with Gasteiger partial charge in [-0.25, -0.2) is 4.39 Å². The van der Waals surface area contributed by atoms with Crippen molar-refractivity contribution in [2.75, 3.05) is 0 Å². The van der Waals surface area contributed by atoms with Gasteiger partial charge in [-0.05, 0) is 41.7 Å². The van der Waals surface area contributed by atoms with Crippen LogP contribution in [0, 0.1) is 12.7 Å². The van der Waals surface area contributed by atoms with E-state index < -0.39 is 0 Å². The third-order valence-corrected chi connectivity index (χ3v) is 2.95. The molecule has 0 N–H and O–H groups in total. The lowest BCUT2D eigenvalue weighted by Crippen LogP contribution is -2.12. The summed E-state index contributed by atoms with van der Waals surface area (Å²) in [5, 5.41) is 0. The summed E-state index contributed by atoms with van der Waals surface area (Å²) in [5.41, 5.74) is 1.66. The number of aromatic nitrogens is 1. The van der Waals surface area contributed by atoms with Crippen molar-refractivity contribution >= 4 is 0 Å². The predicted octanol–water partition coefficient (Wildman–Crippen LogP) is 4.62. The summed E-state index contributed by atoms with van der Waals surface area (Å²) in [5.74, 6) is 0.461. The van der Waals surface area contributed by atoms with Crippen LogP contribution in [0.2, 0.25) is 0 Å². The number of pyridine rings is 1. The van der Waals surface area contributed by atoms with E-state index in [0.29, 0.717) is 5.75 Å². The second-order valence-corrected chi connectivity index (χ2v) is 5.64. The molecule has 0 unspecified atom stereocenters. The molecule has 1 aromatic carbocycles. The van der Waals surface area contributed by atoms with Crippen molar-refractivity contribution < 1.29 is 9.13 Å². The average Bonchev–Trinajstić information content (AvgIpc) is 2.33. The molecule has 0 amide bonds. The molecule has 0 bridgehead atoms. The maximum absolute atomic E-state index is 14.2. The van der Waals surface area contributed by atoms with Crippen LogP contribution in [-0.4, -0.2) is 4.98 Å². The first-order valence-corrected chi connectivity index (χ1v) is 6.26. The highest BCUT2D eigenvalue weighted by Crippen LogP contribution is 2.32. The van der Waals surface area contributed by atoms with Crippen LogP contribution >= 0.6 is 0 Å². The van der Waals surface area contributed by atoms with Gasteiger partial charge in [0.25, 0.3) is 0 Å². The first kappa shape index (κ1) is 13.5. The molecule has 100 valence electrons. The molecule has 0 atom stereocenters. The van der Waals surface area contributed by atoms with Crippen LogP contribution in [0.1, 0.15) is 31.9 Å². The summed E-state index contributed by atoms with van der Waals surface area (Å²) in [4.78, 5) is 3.95. The largest absolute Gasteiger partial charge is 0.452 e. The molecule has 0 aliphatic rings. The Kier molecular flexibility index (Phi) is 3.56. The SMILES string of the molecule is Cc1cc(C(C)(C)C)cc(F)c1Oc1cccnc1. The van der Waals surface area contributed by atoms with Crippen LogP contribution in [0.25, 0.3) is 0 Å². The van der Waals surface area contributed by atoms with Crippen molar-refractivity contribution in [3.63, 3.8) is 0 Å². The lowest BCUT2D eigenvalue weighted by Gasteiger charge is -2.21.